The maximum Gasteiger partial charge on any atom is 0.0239 e. The molecule has 2 nitrogen and oxygen atoms in total. The molecule has 2 heteroatoms. The highest BCUT2D eigenvalue weighted by molar-refractivity contribution is 5.35. The first-order valence-corrected chi connectivity index (χ1v) is 9.71. The molecule has 1 saturated carbocycles. The van der Waals surface area contributed by atoms with Crippen molar-refractivity contribution in [1.29, 1.82) is 0 Å². The van der Waals surface area contributed by atoms with Gasteiger partial charge >= 0.3 is 0 Å². The van der Waals surface area contributed by atoms with Gasteiger partial charge in [0.2, 0.25) is 0 Å². The second kappa shape index (κ2) is 7.81. The molecule has 1 aromatic carbocycles. The molecule has 1 aromatic rings. The van der Waals surface area contributed by atoms with Crippen molar-refractivity contribution in [1.82, 2.24) is 10.2 Å². The van der Waals surface area contributed by atoms with Crippen LogP contribution in [-0.2, 0) is 19.4 Å². The highest BCUT2D eigenvalue weighted by atomic mass is 15.2. The van der Waals surface area contributed by atoms with Gasteiger partial charge in [-0.2, -0.15) is 0 Å². The molecule has 0 aromatic heterocycles. The summed E-state index contributed by atoms with van der Waals surface area (Å²) in [5, 5.41) is 3.44. The van der Waals surface area contributed by atoms with E-state index in [2.05, 4.69) is 49.3 Å². The van der Waals surface area contributed by atoms with Gasteiger partial charge in [0.1, 0.15) is 0 Å². The average Bonchev–Trinajstić information content (AvgIpc) is 2.59. The Hall–Kier alpha value is -0.860. The Balaban J connectivity index is 1.71. The van der Waals surface area contributed by atoms with Gasteiger partial charge < -0.3 is 5.32 Å². The van der Waals surface area contributed by atoms with Crippen LogP contribution in [0.2, 0.25) is 0 Å². The van der Waals surface area contributed by atoms with Gasteiger partial charge in [-0.3, -0.25) is 4.90 Å². The van der Waals surface area contributed by atoms with E-state index in [1.807, 2.05) is 0 Å². The summed E-state index contributed by atoms with van der Waals surface area (Å²) in [6.45, 7) is 5.86. The number of rotatable bonds is 5. The first-order chi connectivity index (χ1) is 11.2. The van der Waals surface area contributed by atoms with E-state index in [4.69, 9.17) is 0 Å². The minimum Gasteiger partial charge on any atom is -0.317 e. The minimum absolute atomic E-state index is 0.641. The second-order valence-corrected chi connectivity index (χ2v) is 7.89. The lowest BCUT2D eigenvalue weighted by atomic mass is 9.87. The molecule has 0 amide bonds. The van der Waals surface area contributed by atoms with Gasteiger partial charge in [0.05, 0.1) is 0 Å². The van der Waals surface area contributed by atoms with E-state index in [1.165, 1.54) is 56.9 Å². The molecule has 0 saturated heterocycles. The summed E-state index contributed by atoms with van der Waals surface area (Å²) >= 11 is 0. The zero-order valence-electron chi connectivity index (χ0n) is 15.3. The quantitative estimate of drug-likeness (QED) is 0.871. The fourth-order valence-corrected chi connectivity index (χ4v) is 4.51. The van der Waals surface area contributed by atoms with Crippen LogP contribution in [0.25, 0.3) is 0 Å². The molecular weight excluding hydrogens is 280 g/mol. The number of benzene rings is 1. The lowest BCUT2D eigenvalue weighted by molar-refractivity contribution is 0.112. The monoisotopic (exact) mass is 314 g/mol. The lowest BCUT2D eigenvalue weighted by Crippen LogP contribution is -2.41. The molecule has 2 aliphatic carbocycles. The normalized spacial score (nSPS) is 22.6. The Labute approximate surface area is 142 Å². The number of nitrogens with zero attached hydrogens (tertiary/aromatic N) is 1. The molecule has 1 N–H and O–H groups in total. The fraction of sp³-hybridized carbons (Fsp3) is 0.714. The molecule has 128 valence electrons. The van der Waals surface area contributed by atoms with Crippen molar-refractivity contribution < 1.29 is 0 Å². The third-order valence-corrected chi connectivity index (χ3v) is 5.98. The molecule has 3 rings (SSSR count). The predicted molar refractivity (Wildman–Crippen MR) is 98.9 cm³/mol. The second-order valence-electron chi connectivity index (χ2n) is 7.89. The average molecular weight is 315 g/mol. The van der Waals surface area contributed by atoms with E-state index >= 15 is 0 Å². The largest absolute Gasteiger partial charge is 0.317 e. The van der Waals surface area contributed by atoms with Crippen LogP contribution in [0.3, 0.4) is 0 Å². The number of hydrogen-bond acceptors (Lipinski definition) is 2. The summed E-state index contributed by atoms with van der Waals surface area (Å²) in [7, 11) is 2.09. The third kappa shape index (κ3) is 4.16. The van der Waals surface area contributed by atoms with Crippen molar-refractivity contribution in [2.75, 3.05) is 7.05 Å². The van der Waals surface area contributed by atoms with Crippen LogP contribution in [0.1, 0.15) is 69.1 Å². The number of aryl methyl sites for hydroxylation is 1. The van der Waals surface area contributed by atoms with Gasteiger partial charge in [-0.25, -0.2) is 0 Å². The summed E-state index contributed by atoms with van der Waals surface area (Å²) in [6, 6.07) is 9.39. The summed E-state index contributed by atoms with van der Waals surface area (Å²) in [4.78, 5) is 2.75. The molecule has 0 heterocycles. The molecule has 1 unspecified atom stereocenters. The molecular formula is C21H34N2. The van der Waals surface area contributed by atoms with Gasteiger partial charge in [0.25, 0.3) is 0 Å². The summed E-state index contributed by atoms with van der Waals surface area (Å²) < 4.78 is 0. The van der Waals surface area contributed by atoms with E-state index < -0.39 is 0 Å². The van der Waals surface area contributed by atoms with Gasteiger partial charge in [0.15, 0.2) is 0 Å². The standard InChI is InChI=1S/C21H34N2/c1-16(2)23(21-7-5-4-6-8-21)15-17-9-10-19-14-20(22-3)12-11-18(19)13-17/h9-10,13,16,20-22H,4-8,11-12,14-15H2,1-3H3. The van der Waals surface area contributed by atoms with Gasteiger partial charge in [-0.1, -0.05) is 37.5 Å². The SMILES string of the molecule is CNC1CCc2cc(CN(C(C)C)C3CCCCC3)ccc2C1. The van der Waals surface area contributed by atoms with Gasteiger partial charge in [0, 0.05) is 24.7 Å². The van der Waals surface area contributed by atoms with Crippen LogP contribution < -0.4 is 5.32 Å². The van der Waals surface area contributed by atoms with E-state index in [0.717, 1.165) is 12.6 Å². The first kappa shape index (κ1) is 17.0. The Morgan fingerprint density at radius 2 is 1.87 bits per heavy atom. The van der Waals surface area contributed by atoms with E-state index in [9.17, 15) is 0 Å². The summed E-state index contributed by atoms with van der Waals surface area (Å²) in [5.41, 5.74) is 4.68. The van der Waals surface area contributed by atoms with Crippen LogP contribution in [0.15, 0.2) is 18.2 Å². The molecule has 1 fully saturated rings. The van der Waals surface area contributed by atoms with Crippen molar-refractivity contribution in [2.24, 2.45) is 0 Å². The molecule has 2 aliphatic rings. The molecule has 0 spiro atoms. The van der Waals surface area contributed by atoms with E-state index in [1.54, 1.807) is 11.1 Å². The van der Waals surface area contributed by atoms with Crippen molar-refractivity contribution in [3.05, 3.63) is 34.9 Å². The number of likely N-dealkylation sites (N-methyl/N-ethyl adjacent to an activating group) is 1. The van der Waals surface area contributed by atoms with Crippen LogP contribution in [0.4, 0.5) is 0 Å². The first-order valence-electron chi connectivity index (χ1n) is 9.71. The molecule has 0 aliphatic heterocycles. The molecule has 0 bridgehead atoms. The maximum absolute atomic E-state index is 3.44. The van der Waals surface area contributed by atoms with Crippen LogP contribution in [0.5, 0.6) is 0 Å². The number of hydrogen-bond donors (Lipinski definition) is 1. The van der Waals surface area contributed by atoms with E-state index in [-0.39, 0.29) is 0 Å². The highest BCUT2D eigenvalue weighted by Gasteiger charge is 2.24. The maximum atomic E-state index is 3.44. The third-order valence-electron chi connectivity index (χ3n) is 5.98. The molecule has 0 radical (unpaired) electrons. The van der Waals surface area contributed by atoms with Crippen molar-refractivity contribution in [2.45, 2.75) is 89.9 Å². The molecule has 23 heavy (non-hydrogen) atoms. The number of fused-ring (bicyclic) bond motifs is 1. The Morgan fingerprint density at radius 1 is 1.09 bits per heavy atom. The van der Waals surface area contributed by atoms with Crippen LogP contribution in [-0.4, -0.2) is 30.1 Å². The summed E-state index contributed by atoms with van der Waals surface area (Å²) in [5.74, 6) is 0. The zero-order valence-corrected chi connectivity index (χ0v) is 15.3. The number of nitrogens with one attached hydrogen (secondary N) is 1. The van der Waals surface area contributed by atoms with Crippen molar-refractivity contribution in [3.63, 3.8) is 0 Å². The Morgan fingerprint density at radius 3 is 2.57 bits per heavy atom. The van der Waals surface area contributed by atoms with Gasteiger partial charge in [-0.15, -0.1) is 0 Å². The summed E-state index contributed by atoms with van der Waals surface area (Å²) in [6.07, 6.45) is 10.8. The molecule has 1 atom stereocenters. The Bertz CT molecular complexity index is 503. The van der Waals surface area contributed by atoms with Crippen LogP contribution in [0, 0.1) is 0 Å². The van der Waals surface area contributed by atoms with Gasteiger partial charge in [-0.05, 0) is 69.7 Å². The topological polar surface area (TPSA) is 15.3 Å². The predicted octanol–water partition coefficient (Wildman–Crippen LogP) is 4.31. The smallest absolute Gasteiger partial charge is 0.0239 e. The van der Waals surface area contributed by atoms with Crippen molar-refractivity contribution >= 4 is 0 Å². The lowest BCUT2D eigenvalue weighted by Gasteiger charge is -2.37. The Kier molecular flexibility index (Phi) is 5.76. The van der Waals surface area contributed by atoms with E-state index in [0.29, 0.717) is 12.1 Å². The van der Waals surface area contributed by atoms with Crippen molar-refractivity contribution in [3.8, 4) is 0 Å². The fourth-order valence-electron chi connectivity index (χ4n) is 4.51. The highest BCUT2D eigenvalue weighted by Crippen LogP contribution is 2.27. The van der Waals surface area contributed by atoms with Crippen LogP contribution >= 0.6 is 0 Å². The zero-order chi connectivity index (χ0) is 16.2. The minimum atomic E-state index is 0.641.